The van der Waals surface area contributed by atoms with Crippen LogP contribution in [0.25, 0.3) is 0 Å². The van der Waals surface area contributed by atoms with Crippen LogP contribution in [-0.2, 0) is 6.54 Å². The Hall–Kier alpha value is -1.40. The van der Waals surface area contributed by atoms with Gasteiger partial charge >= 0.3 is 6.61 Å². The molecule has 0 aliphatic carbocycles. The van der Waals surface area contributed by atoms with E-state index in [1.54, 1.807) is 12.1 Å². The molecule has 0 aromatic heterocycles. The molecule has 1 saturated heterocycles. The van der Waals surface area contributed by atoms with Gasteiger partial charge in [-0.1, -0.05) is 6.92 Å². The molecule has 2 N–H and O–H groups in total. The Morgan fingerprint density at radius 3 is 2.44 bits per heavy atom. The van der Waals surface area contributed by atoms with E-state index < -0.39 is 6.61 Å². The molecule has 0 radical (unpaired) electrons. The number of unbranched alkanes of at least 4 members (excludes halogenated alkanes) is 1. The van der Waals surface area contributed by atoms with E-state index in [1.807, 2.05) is 6.92 Å². The second-order valence-electron chi connectivity index (χ2n) is 7.46. The van der Waals surface area contributed by atoms with Crippen molar-refractivity contribution in [3.8, 4) is 11.5 Å². The number of nitrogens with zero attached hydrogens (tertiary/aromatic N) is 3. The zero-order valence-corrected chi connectivity index (χ0v) is 21.7. The minimum atomic E-state index is -2.88. The fourth-order valence-electron chi connectivity index (χ4n) is 3.52. The SMILES string of the molecule is CCNC(=NCc1cc(OC)ccc1OC(F)F)NCCCCN1CCN(CC)CC1.I. The third-order valence-corrected chi connectivity index (χ3v) is 5.34. The van der Waals surface area contributed by atoms with E-state index in [9.17, 15) is 8.78 Å². The van der Waals surface area contributed by atoms with E-state index in [0.29, 0.717) is 23.8 Å². The van der Waals surface area contributed by atoms with E-state index in [2.05, 4.69) is 37.1 Å². The predicted octanol–water partition coefficient (Wildman–Crippen LogP) is 3.39. The number of hydrogen-bond acceptors (Lipinski definition) is 5. The van der Waals surface area contributed by atoms with E-state index in [4.69, 9.17) is 4.74 Å². The van der Waals surface area contributed by atoms with Gasteiger partial charge in [0.25, 0.3) is 0 Å². The maximum absolute atomic E-state index is 12.7. The molecule has 0 unspecified atom stereocenters. The highest BCUT2D eigenvalue weighted by Gasteiger charge is 2.14. The smallest absolute Gasteiger partial charge is 0.387 e. The van der Waals surface area contributed by atoms with Crippen molar-refractivity contribution >= 4 is 29.9 Å². The maximum atomic E-state index is 12.7. The summed E-state index contributed by atoms with van der Waals surface area (Å²) in [6.45, 7) is 9.91. The fraction of sp³-hybridized carbons (Fsp3) is 0.682. The molecule has 1 heterocycles. The standard InChI is InChI=1S/C22H37F2N5O2.HI/c1-4-25-22(26-10-6-7-11-29-14-12-28(5-2)13-15-29)27-17-18-16-19(30-3)8-9-20(18)31-21(23)24;/h8-9,16,21H,4-7,10-15,17H2,1-3H3,(H2,25,26,27);1H. The molecule has 1 aliphatic rings. The molecule has 0 saturated carbocycles. The number of nitrogens with one attached hydrogen (secondary N) is 2. The fourth-order valence-corrected chi connectivity index (χ4v) is 3.52. The van der Waals surface area contributed by atoms with Gasteiger partial charge in [0, 0.05) is 44.8 Å². The molecule has 0 spiro atoms. The number of piperazine rings is 1. The summed E-state index contributed by atoms with van der Waals surface area (Å²) in [5.41, 5.74) is 0.545. The highest BCUT2D eigenvalue weighted by atomic mass is 127. The molecule has 10 heteroatoms. The molecule has 7 nitrogen and oxygen atoms in total. The lowest BCUT2D eigenvalue weighted by Crippen LogP contribution is -2.46. The first-order chi connectivity index (χ1) is 15.0. The largest absolute Gasteiger partial charge is 0.497 e. The normalized spacial score (nSPS) is 15.4. The van der Waals surface area contributed by atoms with Crippen molar-refractivity contribution in [2.24, 2.45) is 4.99 Å². The van der Waals surface area contributed by atoms with Crippen molar-refractivity contribution in [1.29, 1.82) is 0 Å². The summed E-state index contributed by atoms with van der Waals surface area (Å²) in [7, 11) is 1.53. The molecule has 0 atom stereocenters. The zero-order valence-electron chi connectivity index (χ0n) is 19.4. The monoisotopic (exact) mass is 569 g/mol. The van der Waals surface area contributed by atoms with Crippen LogP contribution in [0.4, 0.5) is 8.78 Å². The summed E-state index contributed by atoms with van der Waals surface area (Å²) >= 11 is 0. The van der Waals surface area contributed by atoms with Gasteiger partial charge < -0.3 is 29.9 Å². The number of likely N-dealkylation sites (N-methyl/N-ethyl adjacent to an activating group) is 1. The highest BCUT2D eigenvalue weighted by Crippen LogP contribution is 2.26. The van der Waals surface area contributed by atoms with Gasteiger partial charge in [-0.3, -0.25) is 0 Å². The molecule has 1 fully saturated rings. The summed E-state index contributed by atoms with van der Waals surface area (Å²) in [4.78, 5) is 9.54. The van der Waals surface area contributed by atoms with Crippen LogP contribution in [0.1, 0.15) is 32.3 Å². The second-order valence-corrected chi connectivity index (χ2v) is 7.46. The van der Waals surface area contributed by atoms with Gasteiger partial charge in [-0.2, -0.15) is 8.78 Å². The lowest BCUT2D eigenvalue weighted by Gasteiger charge is -2.34. The number of rotatable bonds is 12. The number of halogens is 3. The Kier molecular flexibility index (Phi) is 14.5. The van der Waals surface area contributed by atoms with Gasteiger partial charge in [0.1, 0.15) is 11.5 Å². The molecule has 1 aliphatic heterocycles. The average Bonchev–Trinajstić information content (AvgIpc) is 2.78. The number of ether oxygens (including phenoxy) is 2. The number of methoxy groups -OCH3 is 1. The summed E-state index contributed by atoms with van der Waals surface area (Å²) in [5, 5.41) is 6.52. The van der Waals surface area contributed by atoms with E-state index >= 15 is 0 Å². The molecule has 1 aromatic carbocycles. The quantitative estimate of drug-likeness (QED) is 0.174. The second kappa shape index (κ2) is 16.2. The van der Waals surface area contributed by atoms with Crippen molar-refractivity contribution in [2.45, 2.75) is 39.8 Å². The Morgan fingerprint density at radius 1 is 1.09 bits per heavy atom. The van der Waals surface area contributed by atoms with Gasteiger partial charge in [0.15, 0.2) is 5.96 Å². The average molecular weight is 569 g/mol. The molecule has 0 amide bonds. The van der Waals surface area contributed by atoms with Crippen LogP contribution in [-0.4, -0.2) is 81.8 Å². The first-order valence-electron chi connectivity index (χ1n) is 11.1. The topological polar surface area (TPSA) is 61.4 Å². The van der Waals surface area contributed by atoms with Gasteiger partial charge in [0.05, 0.1) is 13.7 Å². The van der Waals surface area contributed by atoms with Gasteiger partial charge in [-0.05, 0) is 51.1 Å². The van der Waals surface area contributed by atoms with Crippen molar-refractivity contribution in [3.63, 3.8) is 0 Å². The third-order valence-electron chi connectivity index (χ3n) is 5.34. The van der Waals surface area contributed by atoms with Crippen LogP contribution < -0.4 is 20.1 Å². The van der Waals surface area contributed by atoms with Crippen LogP contribution in [0, 0.1) is 0 Å². The Labute approximate surface area is 207 Å². The van der Waals surface area contributed by atoms with Crippen LogP contribution in [0.5, 0.6) is 11.5 Å². The zero-order chi connectivity index (χ0) is 22.5. The van der Waals surface area contributed by atoms with E-state index in [-0.39, 0.29) is 36.3 Å². The summed E-state index contributed by atoms with van der Waals surface area (Å²) in [6.07, 6.45) is 2.16. The van der Waals surface area contributed by atoms with Crippen LogP contribution in [0.2, 0.25) is 0 Å². The van der Waals surface area contributed by atoms with Crippen LogP contribution in [0.3, 0.4) is 0 Å². The molecule has 2 rings (SSSR count). The lowest BCUT2D eigenvalue weighted by atomic mass is 10.2. The Morgan fingerprint density at radius 2 is 1.81 bits per heavy atom. The number of benzene rings is 1. The van der Waals surface area contributed by atoms with Crippen molar-refractivity contribution in [3.05, 3.63) is 23.8 Å². The highest BCUT2D eigenvalue weighted by molar-refractivity contribution is 14.0. The molecule has 0 bridgehead atoms. The molecular weight excluding hydrogens is 531 g/mol. The van der Waals surface area contributed by atoms with E-state index in [1.165, 1.54) is 13.2 Å². The third kappa shape index (κ3) is 10.5. The maximum Gasteiger partial charge on any atom is 0.387 e. The molecule has 184 valence electrons. The predicted molar refractivity (Wildman–Crippen MR) is 136 cm³/mol. The number of hydrogen-bond donors (Lipinski definition) is 2. The van der Waals surface area contributed by atoms with Gasteiger partial charge in [-0.15, -0.1) is 24.0 Å². The summed E-state index contributed by atoms with van der Waals surface area (Å²) in [5.74, 6) is 1.34. The minimum absolute atomic E-state index is 0. The lowest BCUT2D eigenvalue weighted by molar-refractivity contribution is -0.0504. The van der Waals surface area contributed by atoms with E-state index in [0.717, 1.165) is 58.7 Å². The van der Waals surface area contributed by atoms with Crippen molar-refractivity contribution < 1.29 is 18.3 Å². The number of guanidine groups is 1. The minimum Gasteiger partial charge on any atom is -0.497 e. The van der Waals surface area contributed by atoms with Crippen LogP contribution in [0.15, 0.2) is 23.2 Å². The summed E-state index contributed by atoms with van der Waals surface area (Å²) < 4.78 is 35.2. The molecule has 1 aromatic rings. The molecule has 32 heavy (non-hydrogen) atoms. The van der Waals surface area contributed by atoms with Crippen molar-refractivity contribution in [1.82, 2.24) is 20.4 Å². The van der Waals surface area contributed by atoms with Crippen molar-refractivity contribution in [2.75, 3.05) is 59.5 Å². The van der Waals surface area contributed by atoms with Crippen LogP contribution >= 0.6 is 24.0 Å². The number of aliphatic imine (C=N–C) groups is 1. The summed E-state index contributed by atoms with van der Waals surface area (Å²) in [6, 6.07) is 4.75. The first kappa shape index (κ1) is 28.6. The Bertz CT molecular complexity index is 674. The first-order valence-corrected chi connectivity index (χ1v) is 11.1. The Balaban J connectivity index is 0.00000512. The number of alkyl halides is 2. The van der Waals surface area contributed by atoms with Gasteiger partial charge in [0.2, 0.25) is 0 Å². The molecular formula is C22H38F2IN5O2. The van der Waals surface area contributed by atoms with Gasteiger partial charge in [-0.25, -0.2) is 4.99 Å².